The van der Waals surface area contributed by atoms with Crippen LogP contribution in [0.3, 0.4) is 0 Å². The molecule has 0 atom stereocenters. The summed E-state index contributed by atoms with van der Waals surface area (Å²) < 4.78 is 0. The van der Waals surface area contributed by atoms with Crippen molar-refractivity contribution in [1.82, 2.24) is 0 Å². The number of hydrogen-bond donors (Lipinski definition) is 2. The molecule has 1 aromatic rings. The molecule has 4 nitrogen and oxygen atoms in total. The number of benzene rings is 1. The molecule has 1 rings (SSSR count). The maximum absolute atomic E-state index is 11.4. The molecule has 0 unspecified atom stereocenters. The second-order valence-corrected chi connectivity index (χ2v) is 3.97. The first-order valence-corrected chi connectivity index (χ1v) is 5.38. The Morgan fingerprint density at radius 2 is 2.00 bits per heavy atom. The fraction of sp³-hybridized carbons (Fsp3) is 0.143. The number of anilines is 1. The summed E-state index contributed by atoms with van der Waals surface area (Å²) in [5.74, 6) is -1.63. The Kier molecular flexibility index (Phi) is 4.43. The summed E-state index contributed by atoms with van der Waals surface area (Å²) >= 11 is 0. The van der Waals surface area contributed by atoms with Crippen molar-refractivity contribution < 1.29 is 14.7 Å². The first-order valence-electron chi connectivity index (χ1n) is 5.38. The minimum atomic E-state index is -1.15. The lowest BCUT2D eigenvalue weighted by Gasteiger charge is -2.08. The van der Waals surface area contributed by atoms with Crippen LogP contribution in [0.15, 0.2) is 36.9 Å². The SMILES string of the molecule is C=C(C)c1ccc(NC(=O)C=CC(=O)O)cc1C. The number of aliphatic carboxylic acids is 1. The van der Waals surface area contributed by atoms with Crippen molar-refractivity contribution in [3.8, 4) is 0 Å². The van der Waals surface area contributed by atoms with E-state index in [4.69, 9.17) is 5.11 Å². The van der Waals surface area contributed by atoms with Crippen LogP contribution >= 0.6 is 0 Å². The van der Waals surface area contributed by atoms with Gasteiger partial charge in [-0.25, -0.2) is 4.79 Å². The zero-order valence-corrected chi connectivity index (χ0v) is 10.4. The number of hydrogen-bond acceptors (Lipinski definition) is 2. The summed E-state index contributed by atoms with van der Waals surface area (Å²) in [5.41, 5.74) is 3.62. The Bertz CT molecular complexity index is 530. The number of allylic oxidation sites excluding steroid dienone is 1. The van der Waals surface area contributed by atoms with Gasteiger partial charge >= 0.3 is 5.97 Å². The van der Waals surface area contributed by atoms with Gasteiger partial charge in [0.05, 0.1) is 0 Å². The molecule has 1 aromatic carbocycles. The van der Waals surface area contributed by atoms with E-state index in [0.29, 0.717) is 5.69 Å². The second-order valence-electron chi connectivity index (χ2n) is 3.97. The van der Waals surface area contributed by atoms with Crippen LogP contribution in [0.2, 0.25) is 0 Å². The van der Waals surface area contributed by atoms with Gasteiger partial charge in [-0.15, -0.1) is 0 Å². The molecule has 0 saturated heterocycles. The smallest absolute Gasteiger partial charge is 0.328 e. The van der Waals surface area contributed by atoms with Gasteiger partial charge in [0.15, 0.2) is 0 Å². The molecule has 0 aliphatic rings. The van der Waals surface area contributed by atoms with Crippen molar-refractivity contribution >= 4 is 23.1 Å². The molecule has 0 aliphatic carbocycles. The second kappa shape index (κ2) is 5.82. The lowest BCUT2D eigenvalue weighted by atomic mass is 10.0. The largest absolute Gasteiger partial charge is 0.478 e. The number of carbonyl (C=O) groups is 2. The molecule has 0 spiro atoms. The third-order valence-electron chi connectivity index (χ3n) is 2.33. The molecule has 0 bridgehead atoms. The van der Waals surface area contributed by atoms with Gasteiger partial charge in [-0.05, 0) is 37.1 Å². The normalized spacial score (nSPS) is 10.3. The van der Waals surface area contributed by atoms with Crippen LogP contribution in [0.4, 0.5) is 5.69 Å². The molecule has 0 fully saturated rings. The number of nitrogens with one attached hydrogen (secondary N) is 1. The number of carboxylic acid groups (broad SMARTS) is 1. The van der Waals surface area contributed by atoms with Gasteiger partial charge in [-0.3, -0.25) is 4.79 Å². The molecular formula is C14H15NO3. The highest BCUT2D eigenvalue weighted by atomic mass is 16.4. The van der Waals surface area contributed by atoms with E-state index in [1.165, 1.54) is 0 Å². The van der Waals surface area contributed by atoms with Crippen molar-refractivity contribution in [2.75, 3.05) is 5.32 Å². The van der Waals surface area contributed by atoms with Gasteiger partial charge in [-0.1, -0.05) is 18.2 Å². The van der Waals surface area contributed by atoms with Crippen LogP contribution in [0.1, 0.15) is 18.1 Å². The minimum absolute atomic E-state index is 0.472. The lowest BCUT2D eigenvalue weighted by molar-refractivity contribution is -0.131. The molecule has 18 heavy (non-hydrogen) atoms. The number of carboxylic acids is 1. The highest BCUT2D eigenvalue weighted by molar-refractivity contribution is 6.02. The van der Waals surface area contributed by atoms with Crippen LogP contribution < -0.4 is 5.32 Å². The van der Waals surface area contributed by atoms with Crippen molar-refractivity contribution in [2.45, 2.75) is 13.8 Å². The number of carbonyl (C=O) groups excluding carboxylic acids is 1. The molecule has 0 aromatic heterocycles. The number of amides is 1. The summed E-state index contributed by atoms with van der Waals surface area (Å²) in [6.45, 7) is 7.70. The van der Waals surface area contributed by atoms with E-state index in [2.05, 4.69) is 11.9 Å². The first kappa shape index (κ1) is 13.7. The lowest BCUT2D eigenvalue weighted by Crippen LogP contribution is -2.09. The molecule has 94 valence electrons. The van der Waals surface area contributed by atoms with Crippen LogP contribution in [0.25, 0.3) is 5.57 Å². The predicted molar refractivity (Wildman–Crippen MR) is 71.3 cm³/mol. The van der Waals surface area contributed by atoms with Crippen LogP contribution in [-0.4, -0.2) is 17.0 Å². The van der Waals surface area contributed by atoms with Crippen LogP contribution in [-0.2, 0) is 9.59 Å². The zero-order chi connectivity index (χ0) is 13.7. The molecule has 0 saturated carbocycles. The van der Waals surface area contributed by atoms with E-state index in [1.54, 1.807) is 6.07 Å². The molecule has 0 heterocycles. The quantitative estimate of drug-likeness (QED) is 0.801. The average molecular weight is 245 g/mol. The summed E-state index contributed by atoms with van der Waals surface area (Å²) in [4.78, 5) is 21.6. The third-order valence-corrected chi connectivity index (χ3v) is 2.33. The predicted octanol–water partition coefficient (Wildman–Crippen LogP) is 2.61. The number of aryl methyl sites for hydroxylation is 1. The number of rotatable bonds is 4. The Morgan fingerprint density at radius 3 is 2.50 bits per heavy atom. The van der Waals surface area contributed by atoms with E-state index >= 15 is 0 Å². The van der Waals surface area contributed by atoms with Gasteiger partial charge in [-0.2, -0.15) is 0 Å². The van der Waals surface area contributed by atoms with E-state index in [0.717, 1.165) is 28.9 Å². The third kappa shape index (κ3) is 3.90. The molecule has 0 aliphatic heterocycles. The van der Waals surface area contributed by atoms with E-state index in [1.807, 2.05) is 26.0 Å². The Labute approximate surface area is 106 Å². The fourth-order valence-electron chi connectivity index (χ4n) is 1.55. The molecule has 1 amide bonds. The van der Waals surface area contributed by atoms with E-state index < -0.39 is 11.9 Å². The topological polar surface area (TPSA) is 66.4 Å². The molecule has 4 heteroatoms. The summed E-state index contributed by atoms with van der Waals surface area (Å²) in [5, 5.41) is 11.0. The Balaban J connectivity index is 2.81. The van der Waals surface area contributed by atoms with E-state index in [9.17, 15) is 9.59 Å². The molecule has 2 N–H and O–H groups in total. The maximum atomic E-state index is 11.4. The van der Waals surface area contributed by atoms with Gasteiger partial charge in [0.1, 0.15) is 0 Å². The van der Waals surface area contributed by atoms with Crippen molar-refractivity contribution in [3.63, 3.8) is 0 Å². The van der Waals surface area contributed by atoms with Gasteiger partial charge in [0, 0.05) is 17.8 Å². The maximum Gasteiger partial charge on any atom is 0.328 e. The molecular weight excluding hydrogens is 230 g/mol. The average Bonchev–Trinajstić information content (AvgIpc) is 2.26. The van der Waals surface area contributed by atoms with Crippen molar-refractivity contribution in [1.29, 1.82) is 0 Å². The Hall–Kier alpha value is -2.36. The summed E-state index contributed by atoms with van der Waals surface area (Å²) in [6.07, 6.45) is 1.77. The standard InChI is InChI=1S/C14H15NO3/c1-9(2)12-5-4-11(8-10(12)3)15-13(16)6-7-14(17)18/h4-8H,1H2,2-3H3,(H,15,16)(H,17,18). The van der Waals surface area contributed by atoms with Gasteiger partial charge in [0.2, 0.25) is 5.91 Å². The summed E-state index contributed by atoms with van der Waals surface area (Å²) in [7, 11) is 0. The Morgan fingerprint density at radius 1 is 1.33 bits per heavy atom. The van der Waals surface area contributed by atoms with Crippen LogP contribution in [0, 0.1) is 6.92 Å². The monoisotopic (exact) mass is 245 g/mol. The van der Waals surface area contributed by atoms with Crippen LogP contribution in [0.5, 0.6) is 0 Å². The van der Waals surface area contributed by atoms with Crippen molar-refractivity contribution in [2.24, 2.45) is 0 Å². The minimum Gasteiger partial charge on any atom is -0.478 e. The molecule has 0 radical (unpaired) electrons. The first-order chi connectivity index (χ1) is 8.40. The van der Waals surface area contributed by atoms with Gasteiger partial charge < -0.3 is 10.4 Å². The zero-order valence-electron chi connectivity index (χ0n) is 10.4. The van der Waals surface area contributed by atoms with Gasteiger partial charge in [0.25, 0.3) is 0 Å². The van der Waals surface area contributed by atoms with E-state index in [-0.39, 0.29) is 0 Å². The highest BCUT2D eigenvalue weighted by Crippen LogP contribution is 2.20. The fourth-order valence-corrected chi connectivity index (χ4v) is 1.55. The highest BCUT2D eigenvalue weighted by Gasteiger charge is 2.03. The van der Waals surface area contributed by atoms with Crippen molar-refractivity contribution in [3.05, 3.63) is 48.1 Å². The summed E-state index contributed by atoms with van der Waals surface area (Å²) in [6, 6.07) is 5.44.